The van der Waals surface area contributed by atoms with Crippen LogP contribution < -0.4 is 5.73 Å². The number of fused-ring (bicyclic) bond motifs is 1. The van der Waals surface area contributed by atoms with Crippen molar-refractivity contribution in [1.29, 1.82) is 0 Å². The van der Waals surface area contributed by atoms with Crippen LogP contribution in [0.3, 0.4) is 0 Å². The van der Waals surface area contributed by atoms with Crippen molar-refractivity contribution >= 4 is 11.0 Å². The van der Waals surface area contributed by atoms with Crippen LogP contribution in [0.25, 0.3) is 22.4 Å². The van der Waals surface area contributed by atoms with E-state index in [4.69, 9.17) is 10.7 Å². The Morgan fingerprint density at radius 1 is 1.13 bits per heavy atom. The summed E-state index contributed by atoms with van der Waals surface area (Å²) in [6.45, 7) is 4.98. The molecule has 0 radical (unpaired) electrons. The van der Waals surface area contributed by atoms with E-state index >= 15 is 0 Å². The maximum Gasteiger partial charge on any atom is 0.109 e. The van der Waals surface area contributed by atoms with Crippen LogP contribution in [0.5, 0.6) is 0 Å². The zero-order valence-corrected chi connectivity index (χ0v) is 13.7. The van der Waals surface area contributed by atoms with Crippen molar-refractivity contribution in [3.63, 3.8) is 0 Å². The smallest absolute Gasteiger partial charge is 0.109 e. The maximum absolute atomic E-state index is 5.65. The second-order valence-corrected chi connectivity index (χ2v) is 5.82. The average Bonchev–Trinajstić information content (AvgIpc) is 2.97. The average molecular weight is 309 g/mol. The first-order valence-electron chi connectivity index (χ1n) is 8.20. The van der Waals surface area contributed by atoms with E-state index in [1.807, 2.05) is 31.2 Å². The highest BCUT2D eigenvalue weighted by atomic mass is 15.1. The topological polar surface area (TPSA) is 69.6 Å². The summed E-state index contributed by atoms with van der Waals surface area (Å²) in [7, 11) is 0. The third kappa shape index (κ3) is 3.24. The number of hydrogen-bond acceptors (Lipinski definition) is 4. The zero-order chi connectivity index (χ0) is 16.2. The Hall–Kier alpha value is -2.27. The highest BCUT2D eigenvalue weighted by Crippen LogP contribution is 2.24. The molecule has 0 fully saturated rings. The molecule has 2 aromatic heterocycles. The van der Waals surface area contributed by atoms with Crippen LogP contribution in [0.15, 0.2) is 36.7 Å². The van der Waals surface area contributed by atoms with Crippen molar-refractivity contribution < 1.29 is 0 Å². The summed E-state index contributed by atoms with van der Waals surface area (Å²) in [4.78, 5) is 13.9. The highest BCUT2D eigenvalue weighted by molar-refractivity contribution is 5.76. The van der Waals surface area contributed by atoms with Gasteiger partial charge in [0.25, 0.3) is 0 Å². The molecular weight excluding hydrogens is 286 g/mol. The number of aryl methyl sites for hydroxylation is 1. The summed E-state index contributed by atoms with van der Waals surface area (Å²) >= 11 is 0. The quantitative estimate of drug-likeness (QED) is 0.756. The molecule has 2 N–H and O–H groups in total. The van der Waals surface area contributed by atoms with Crippen molar-refractivity contribution in [2.75, 3.05) is 6.54 Å². The maximum atomic E-state index is 5.65. The molecule has 0 aliphatic rings. The molecule has 0 bridgehead atoms. The van der Waals surface area contributed by atoms with Crippen molar-refractivity contribution in [1.82, 2.24) is 19.5 Å². The van der Waals surface area contributed by atoms with Gasteiger partial charge in [0.2, 0.25) is 0 Å². The van der Waals surface area contributed by atoms with Gasteiger partial charge in [-0.2, -0.15) is 0 Å². The predicted molar refractivity (Wildman–Crippen MR) is 93.1 cm³/mol. The standard InChI is InChI=1S/C18H23N5/c1-3-14(7-6-10-19)23-12-18(21-13(23)2)17-11-20-15-8-4-5-9-16(15)22-17/h4-5,8-9,11-12,14H,3,6-7,10,19H2,1-2H3. The number of nitrogens with zero attached hydrogens (tertiary/aromatic N) is 4. The molecule has 0 aliphatic carbocycles. The van der Waals surface area contributed by atoms with Gasteiger partial charge in [0.05, 0.1) is 17.2 Å². The summed E-state index contributed by atoms with van der Waals surface area (Å²) in [5, 5.41) is 0. The van der Waals surface area contributed by atoms with Gasteiger partial charge >= 0.3 is 0 Å². The fourth-order valence-corrected chi connectivity index (χ4v) is 2.95. The minimum absolute atomic E-state index is 0.438. The number of benzene rings is 1. The molecule has 0 aliphatic heterocycles. The number of rotatable bonds is 6. The lowest BCUT2D eigenvalue weighted by atomic mass is 10.1. The first-order chi connectivity index (χ1) is 11.2. The SMILES string of the molecule is CCC(CCCN)n1cc(-c2cnc3ccccc3n2)nc1C. The third-order valence-corrected chi connectivity index (χ3v) is 4.23. The van der Waals surface area contributed by atoms with Crippen LogP contribution in [0.2, 0.25) is 0 Å². The molecule has 0 amide bonds. The molecule has 3 rings (SSSR count). The minimum Gasteiger partial charge on any atom is -0.331 e. The van der Waals surface area contributed by atoms with E-state index in [9.17, 15) is 0 Å². The predicted octanol–water partition coefficient (Wildman–Crippen LogP) is 3.49. The van der Waals surface area contributed by atoms with Crippen LogP contribution in [-0.4, -0.2) is 26.1 Å². The molecule has 1 aromatic carbocycles. The molecule has 5 heteroatoms. The van der Waals surface area contributed by atoms with Gasteiger partial charge in [0.1, 0.15) is 17.2 Å². The van der Waals surface area contributed by atoms with E-state index in [1.165, 1.54) is 0 Å². The second kappa shape index (κ2) is 6.87. The molecule has 2 heterocycles. The van der Waals surface area contributed by atoms with E-state index in [0.717, 1.165) is 54.1 Å². The lowest BCUT2D eigenvalue weighted by Gasteiger charge is -2.17. The minimum atomic E-state index is 0.438. The lowest BCUT2D eigenvalue weighted by Crippen LogP contribution is -2.11. The molecule has 1 atom stereocenters. The monoisotopic (exact) mass is 309 g/mol. The Balaban J connectivity index is 1.94. The van der Waals surface area contributed by atoms with Crippen molar-refractivity contribution in [2.45, 2.75) is 39.2 Å². The number of imidazole rings is 1. The summed E-state index contributed by atoms with van der Waals surface area (Å²) < 4.78 is 2.25. The largest absolute Gasteiger partial charge is 0.331 e. The van der Waals surface area contributed by atoms with Gasteiger partial charge in [-0.15, -0.1) is 0 Å². The fourth-order valence-electron chi connectivity index (χ4n) is 2.95. The van der Waals surface area contributed by atoms with E-state index in [2.05, 4.69) is 27.7 Å². The van der Waals surface area contributed by atoms with Gasteiger partial charge in [-0.1, -0.05) is 19.1 Å². The van der Waals surface area contributed by atoms with E-state index in [1.54, 1.807) is 6.20 Å². The highest BCUT2D eigenvalue weighted by Gasteiger charge is 2.15. The van der Waals surface area contributed by atoms with E-state index in [-0.39, 0.29) is 0 Å². The van der Waals surface area contributed by atoms with E-state index < -0.39 is 0 Å². The lowest BCUT2D eigenvalue weighted by molar-refractivity contribution is 0.434. The first-order valence-corrected chi connectivity index (χ1v) is 8.20. The second-order valence-electron chi connectivity index (χ2n) is 5.82. The van der Waals surface area contributed by atoms with Gasteiger partial charge in [-0.3, -0.25) is 4.98 Å². The van der Waals surface area contributed by atoms with Crippen molar-refractivity contribution in [3.8, 4) is 11.4 Å². The summed E-state index contributed by atoms with van der Waals surface area (Å²) in [6, 6.07) is 8.33. The zero-order valence-electron chi connectivity index (χ0n) is 13.7. The van der Waals surface area contributed by atoms with Gasteiger partial charge < -0.3 is 10.3 Å². The molecule has 0 spiro atoms. The molecule has 5 nitrogen and oxygen atoms in total. The van der Waals surface area contributed by atoms with E-state index in [0.29, 0.717) is 6.04 Å². The first kappa shape index (κ1) is 15.6. The molecular formula is C18H23N5. The van der Waals surface area contributed by atoms with Crippen LogP contribution in [0.1, 0.15) is 38.1 Å². The van der Waals surface area contributed by atoms with Crippen LogP contribution in [0.4, 0.5) is 0 Å². The number of hydrogen-bond donors (Lipinski definition) is 1. The molecule has 120 valence electrons. The van der Waals surface area contributed by atoms with Crippen molar-refractivity contribution in [2.24, 2.45) is 5.73 Å². The molecule has 0 saturated carbocycles. The molecule has 3 aromatic rings. The van der Waals surface area contributed by atoms with Gasteiger partial charge in [0, 0.05) is 12.2 Å². The Labute approximate surface area is 136 Å². The number of para-hydroxylation sites is 2. The molecule has 0 saturated heterocycles. The number of nitrogens with two attached hydrogens (primary N) is 1. The summed E-state index contributed by atoms with van der Waals surface area (Å²) in [5.41, 5.74) is 9.15. The van der Waals surface area contributed by atoms with Gasteiger partial charge in [-0.05, 0) is 44.9 Å². The Bertz CT molecular complexity index is 793. The van der Waals surface area contributed by atoms with Gasteiger partial charge in [0.15, 0.2) is 0 Å². The number of aromatic nitrogens is 4. The normalized spacial score (nSPS) is 12.7. The summed E-state index contributed by atoms with van der Waals surface area (Å²) in [6.07, 6.45) is 7.07. The Morgan fingerprint density at radius 2 is 1.91 bits per heavy atom. The van der Waals surface area contributed by atoms with Gasteiger partial charge in [-0.25, -0.2) is 9.97 Å². The fraction of sp³-hybridized carbons (Fsp3) is 0.389. The van der Waals surface area contributed by atoms with Crippen molar-refractivity contribution in [3.05, 3.63) is 42.5 Å². The van der Waals surface area contributed by atoms with Crippen LogP contribution in [0, 0.1) is 6.92 Å². The Morgan fingerprint density at radius 3 is 2.65 bits per heavy atom. The summed E-state index contributed by atoms with van der Waals surface area (Å²) in [5.74, 6) is 1.01. The Kier molecular flexibility index (Phi) is 4.67. The molecule has 1 unspecified atom stereocenters. The third-order valence-electron chi connectivity index (χ3n) is 4.23. The van der Waals surface area contributed by atoms with Crippen LogP contribution >= 0.6 is 0 Å². The molecule has 23 heavy (non-hydrogen) atoms. The van der Waals surface area contributed by atoms with Crippen LogP contribution in [-0.2, 0) is 0 Å².